The standard InChI is InChI=1S/C10H20S2/c1-4-7-10(5-2)9(3)6-8-11-12-10/h9H,4-8H2,1-3H3. The Morgan fingerprint density at radius 1 is 1.42 bits per heavy atom. The Morgan fingerprint density at radius 2 is 2.17 bits per heavy atom. The molecule has 0 radical (unpaired) electrons. The van der Waals surface area contributed by atoms with E-state index in [2.05, 4.69) is 42.4 Å². The summed E-state index contributed by atoms with van der Waals surface area (Å²) in [5.74, 6) is 2.28. The van der Waals surface area contributed by atoms with E-state index in [4.69, 9.17) is 0 Å². The highest BCUT2D eigenvalue weighted by Crippen LogP contribution is 2.52. The third-order valence-electron chi connectivity index (χ3n) is 3.03. The van der Waals surface area contributed by atoms with Gasteiger partial charge in [0.1, 0.15) is 0 Å². The van der Waals surface area contributed by atoms with E-state index in [1.54, 1.807) is 0 Å². The van der Waals surface area contributed by atoms with Crippen LogP contribution in [0.4, 0.5) is 0 Å². The molecule has 2 heteroatoms. The minimum atomic E-state index is 0.609. The van der Waals surface area contributed by atoms with Crippen molar-refractivity contribution in [1.82, 2.24) is 0 Å². The molecule has 1 aliphatic heterocycles. The van der Waals surface area contributed by atoms with Crippen molar-refractivity contribution < 1.29 is 0 Å². The van der Waals surface area contributed by atoms with Crippen LogP contribution < -0.4 is 0 Å². The van der Waals surface area contributed by atoms with E-state index in [9.17, 15) is 0 Å². The first-order valence-electron chi connectivity index (χ1n) is 5.06. The molecule has 1 aliphatic rings. The van der Waals surface area contributed by atoms with Gasteiger partial charge in [0, 0.05) is 10.5 Å². The van der Waals surface area contributed by atoms with Gasteiger partial charge in [0.05, 0.1) is 0 Å². The van der Waals surface area contributed by atoms with Gasteiger partial charge >= 0.3 is 0 Å². The minimum Gasteiger partial charge on any atom is -0.0936 e. The van der Waals surface area contributed by atoms with Crippen molar-refractivity contribution in [3.63, 3.8) is 0 Å². The molecule has 0 aliphatic carbocycles. The molecular weight excluding hydrogens is 184 g/mol. The molecule has 2 unspecified atom stereocenters. The van der Waals surface area contributed by atoms with E-state index >= 15 is 0 Å². The second-order valence-electron chi connectivity index (χ2n) is 3.76. The fourth-order valence-corrected chi connectivity index (χ4v) is 5.82. The summed E-state index contributed by atoms with van der Waals surface area (Å²) in [6, 6.07) is 0. The molecular formula is C10H20S2. The molecule has 1 saturated heterocycles. The molecule has 0 aromatic heterocycles. The SMILES string of the molecule is CCCC1(CC)SSCCC1C. The summed E-state index contributed by atoms with van der Waals surface area (Å²) in [6.45, 7) is 7.10. The van der Waals surface area contributed by atoms with Crippen molar-refractivity contribution in [2.45, 2.75) is 51.2 Å². The maximum atomic E-state index is 2.44. The van der Waals surface area contributed by atoms with E-state index in [0.717, 1.165) is 5.92 Å². The number of hydrogen-bond acceptors (Lipinski definition) is 2. The van der Waals surface area contributed by atoms with E-state index in [1.807, 2.05) is 0 Å². The lowest BCUT2D eigenvalue weighted by atomic mass is 9.85. The van der Waals surface area contributed by atoms with Crippen molar-refractivity contribution in [3.05, 3.63) is 0 Å². The molecule has 12 heavy (non-hydrogen) atoms. The summed E-state index contributed by atoms with van der Waals surface area (Å²) in [4.78, 5) is 0. The Hall–Kier alpha value is 0.700. The molecule has 1 fully saturated rings. The van der Waals surface area contributed by atoms with Crippen molar-refractivity contribution in [1.29, 1.82) is 0 Å². The summed E-state index contributed by atoms with van der Waals surface area (Å²) >= 11 is 0. The van der Waals surface area contributed by atoms with Gasteiger partial charge in [0.25, 0.3) is 0 Å². The fourth-order valence-electron chi connectivity index (χ4n) is 2.02. The van der Waals surface area contributed by atoms with Crippen molar-refractivity contribution >= 4 is 21.6 Å². The Balaban J connectivity index is 2.60. The van der Waals surface area contributed by atoms with Gasteiger partial charge in [-0.1, -0.05) is 48.8 Å². The Morgan fingerprint density at radius 3 is 2.67 bits per heavy atom. The van der Waals surface area contributed by atoms with E-state index < -0.39 is 0 Å². The maximum absolute atomic E-state index is 2.44. The average Bonchev–Trinajstić information content (AvgIpc) is 2.10. The van der Waals surface area contributed by atoms with Crippen LogP contribution in [0.3, 0.4) is 0 Å². The van der Waals surface area contributed by atoms with Gasteiger partial charge in [-0.2, -0.15) is 0 Å². The smallest absolute Gasteiger partial charge is 0.0286 e. The third kappa shape index (κ3) is 2.14. The van der Waals surface area contributed by atoms with Crippen LogP contribution in [-0.4, -0.2) is 10.5 Å². The first-order chi connectivity index (χ1) is 5.75. The van der Waals surface area contributed by atoms with E-state index in [-0.39, 0.29) is 0 Å². The molecule has 0 bridgehead atoms. The quantitative estimate of drug-likeness (QED) is 0.627. The van der Waals surface area contributed by atoms with Gasteiger partial charge in [-0.25, -0.2) is 0 Å². The summed E-state index contributed by atoms with van der Waals surface area (Å²) < 4.78 is 0.609. The van der Waals surface area contributed by atoms with Gasteiger partial charge in [-0.15, -0.1) is 0 Å². The van der Waals surface area contributed by atoms with Gasteiger partial charge in [-0.3, -0.25) is 0 Å². The largest absolute Gasteiger partial charge is 0.0936 e. The molecule has 0 aromatic rings. The molecule has 2 atom stereocenters. The fraction of sp³-hybridized carbons (Fsp3) is 1.00. The van der Waals surface area contributed by atoms with Crippen LogP contribution >= 0.6 is 21.6 Å². The summed E-state index contributed by atoms with van der Waals surface area (Å²) in [5.41, 5.74) is 0. The Bertz CT molecular complexity index is 132. The zero-order valence-corrected chi connectivity index (χ0v) is 10.1. The Labute approximate surface area is 84.7 Å². The van der Waals surface area contributed by atoms with Crippen LogP contribution in [0.1, 0.15) is 46.5 Å². The highest BCUT2D eigenvalue weighted by atomic mass is 33.1. The summed E-state index contributed by atoms with van der Waals surface area (Å²) in [5, 5.41) is 0. The van der Waals surface area contributed by atoms with Crippen molar-refractivity contribution in [2.75, 3.05) is 5.75 Å². The number of rotatable bonds is 3. The molecule has 72 valence electrons. The topological polar surface area (TPSA) is 0 Å². The van der Waals surface area contributed by atoms with Gasteiger partial charge in [-0.05, 0) is 25.2 Å². The summed E-state index contributed by atoms with van der Waals surface area (Å²) in [7, 11) is 4.25. The highest BCUT2D eigenvalue weighted by Gasteiger charge is 2.36. The molecule has 0 spiro atoms. The van der Waals surface area contributed by atoms with Crippen LogP contribution in [0.2, 0.25) is 0 Å². The van der Waals surface area contributed by atoms with Gasteiger partial charge in [0.15, 0.2) is 0 Å². The summed E-state index contributed by atoms with van der Waals surface area (Å²) in [6.07, 6.45) is 5.51. The molecule has 0 nitrogen and oxygen atoms in total. The molecule has 1 heterocycles. The average molecular weight is 204 g/mol. The predicted octanol–water partition coefficient (Wildman–Crippen LogP) is 4.36. The van der Waals surface area contributed by atoms with Crippen molar-refractivity contribution in [3.8, 4) is 0 Å². The van der Waals surface area contributed by atoms with E-state index in [1.165, 1.54) is 31.4 Å². The lowest BCUT2D eigenvalue weighted by molar-refractivity contribution is 0.360. The van der Waals surface area contributed by atoms with Gasteiger partial charge in [0.2, 0.25) is 0 Å². The molecule has 0 amide bonds. The molecule has 0 saturated carbocycles. The monoisotopic (exact) mass is 204 g/mol. The van der Waals surface area contributed by atoms with Gasteiger partial charge < -0.3 is 0 Å². The number of hydrogen-bond donors (Lipinski definition) is 0. The highest BCUT2D eigenvalue weighted by molar-refractivity contribution is 8.77. The first-order valence-corrected chi connectivity index (χ1v) is 7.37. The normalized spacial score (nSPS) is 36.8. The van der Waals surface area contributed by atoms with Crippen LogP contribution in [0, 0.1) is 5.92 Å². The van der Waals surface area contributed by atoms with Crippen LogP contribution in [0.25, 0.3) is 0 Å². The second-order valence-corrected chi connectivity index (χ2v) is 6.59. The van der Waals surface area contributed by atoms with E-state index in [0.29, 0.717) is 4.75 Å². The van der Waals surface area contributed by atoms with Crippen LogP contribution in [0.15, 0.2) is 0 Å². The molecule has 1 rings (SSSR count). The predicted molar refractivity (Wildman–Crippen MR) is 61.8 cm³/mol. The van der Waals surface area contributed by atoms with Crippen LogP contribution in [0.5, 0.6) is 0 Å². The second kappa shape index (κ2) is 4.80. The Kier molecular flexibility index (Phi) is 4.31. The maximum Gasteiger partial charge on any atom is 0.0286 e. The molecule has 0 aromatic carbocycles. The first kappa shape index (κ1) is 10.8. The van der Waals surface area contributed by atoms with Crippen molar-refractivity contribution in [2.24, 2.45) is 5.92 Å². The zero-order chi connectivity index (χ0) is 9.03. The third-order valence-corrected chi connectivity index (χ3v) is 6.63. The lowest BCUT2D eigenvalue weighted by Gasteiger charge is -2.40. The minimum absolute atomic E-state index is 0.609. The van der Waals surface area contributed by atoms with Crippen LogP contribution in [-0.2, 0) is 0 Å². The molecule has 0 N–H and O–H groups in total. The lowest BCUT2D eigenvalue weighted by Crippen LogP contribution is -2.34. The zero-order valence-electron chi connectivity index (χ0n) is 8.43.